The van der Waals surface area contributed by atoms with Crippen LogP contribution in [0.3, 0.4) is 0 Å². The van der Waals surface area contributed by atoms with Crippen LogP contribution in [0.2, 0.25) is 5.02 Å². The van der Waals surface area contributed by atoms with E-state index in [9.17, 15) is 8.78 Å². The zero-order valence-corrected chi connectivity index (χ0v) is 12.2. The number of rotatable bonds is 2. The molecule has 0 unspecified atom stereocenters. The molecule has 0 aromatic heterocycles. The van der Waals surface area contributed by atoms with Gasteiger partial charge in [0, 0.05) is 11.8 Å². The molecular formula is C13H10BrClF2N2. The first-order chi connectivity index (χ1) is 8.88. The fourth-order valence-corrected chi connectivity index (χ4v) is 2.11. The first-order valence-electron chi connectivity index (χ1n) is 5.35. The summed E-state index contributed by atoms with van der Waals surface area (Å²) in [6.07, 6.45) is 0. The summed E-state index contributed by atoms with van der Waals surface area (Å²) in [5.74, 6) is -1.34. The molecule has 0 aliphatic rings. The third-order valence-electron chi connectivity index (χ3n) is 2.62. The van der Waals surface area contributed by atoms with Gasteiger partial charge in [-0.1, -0.05) is 11.6 Å². The zero-order chi connectivity index (χ0) is 14.2. The van der Waals surface area contributed by atoms with Crippen LogP contribution in [0.25, 0.3) is 0 Å². The number of halogens is 4. The van der Waals surface area contributed by atoms with Crippen molar-refractivity contribution < 1.29 is 8.78 Å². The van der Waals surface area contributed by atoms with Crippen molar-refractivity contribution in [3.8, 4) is 0 Å². The van der Waals surface area contributed by atoms with E-state index in [1.807, 2.05) is 6.92 Å². The van der Waals surface area contributed by atoms with Crippen LogP contribution in [0.5, 0.6) is 0 Å². The van der Waals surface area contributed by atoms with Crippen molar-refractivity contribution >= 4 is 44.6 Å². The highest BCUT2D eigenvalue weighted by Crippen LogP contribution is 2.31. The largest absolute Gasteiger partial charge is 0.398 e. The van der Waals surface area contributed by atoms with Crippen molar-refractivity contribution in [2.45, 2.75) is 6.92 Å². The van der Waals surface area contributed by atoms with Crippen molar-refractivity contribution in [3.63, 3.8) is 0 Å². The van der Waals surface area contributed by atoms with Crippen molar-refractivity contribution in [1.29, 1.82) is 0 Å². The Balaban J connectivity index is 2.42. The van der Waals surface area contributed by atoms with Crippen LogP contribution in [-0.4, -0.2) is 0 Å². The number of benzene rings is 2. The summed E-state index contributed by atoms with van der Waals surface area (Å²) in [4.78, 5) is 0. The summed E-state index contributed by atoms with van der Waals surface area (Å²) in [7, 11) is 0. The third-order valence-corrected chi connectivity index (χ3v) is 3.56. The predicted molar refractivity (Wildman–Crippen MR) is 77.9 cm³/mol. The molecule has 2 rings (SSSR count). The normalized spacial score (nSPS) is 10.6. The van der Waals surface area contributed by atoms with Crippen LogP contribution < -0.4 is 11.1 Å². The summed E-state index contributed by atoms with van der Waals surface area (Å²) in [6, 6.07) is 5.42. The van der Waals surface area contributed by atoms with Gasteiger partial charge in [0.2, 0.25) is 0 Å². The maximum absolute atomic E-state index is 13.6. The van der Waals surface area contributed by atoms with Crippen LogP contribution in [0.4, 0.5) is 25.8 Å². The van der Waals surface area contributed by atoms with Crippen molar-refractivity contribution in [1.82, 2.24) is 0 Å². The maximum Gasteiger partial charge on any atom is 0.149 e. The number of anilines is 3. The fraction of sp³-hybridized carbons (Fsp3) is 0.0769. The third kappa shape index (κ3) is 2.98. The Bertz CT molecular complexity index is 592. The lowest BCUT2D eigenvalue weighted by Gasteiger charge is -2.12. The van der Waals surface area contributed by atoms with E-state index in [4.69, 9.17) is 17.3 Å². The Morgan fingerprint density at radius 3 is 2.47 bits per heavy atom. The summed E-state index contributed by atoms with van der Waals surface area (Å²) in [5, 5.41) is 3.23. The quantitative estimate of drug-likeness (QED) is 0.591. The minimum atomic E-state index is -0.687. The summed E-state index contributed by atoms with van der Waals surface area (Å²) in [6.45, 7) is 1.81. The van der Waals surface area contributed by atoms with Crippen LogP contribution in [0, 0.1) is 18.6 Å². The van der Waals surface area contributed by atoms with E-state index in [-0.39, 0.29) is 10.2 Å². The molecule has 0 radical (unpaired) electrons. The molecule has 19 heavy (non-hydrogen) atoms. The van der Waals surface area contributed by atoms with E-state index < -0.39 is 11.6 Å². The molecule has 0 amide bonds. The molecule has 3 N–H and O–H groups in total. The lowest BCUT2D eigenvalue weighted by Crippen LogP contribution is -1.99. The molecule has 0 saturated heterocycles. The summed E-state index contributed by atoms with van der Waals surface area (Å²) >= 11 is 8.93. The van der Waals surface area contributed by atoms with Gasteiger partial charge < -0.3 is 11.1 Å². The van der Waals surface area contributed by atoms with Crippen LogP contribution >= 0.6 is 27.5 Å². The number of nitrogens with one attached hydrogen (secondary N) is 1. The molecule has 6 heteroatoms. The minimum absolute atomic E-state index is 0.150. The monoisotopic (exact) mass is 346 g/mol. The predicted octanol–water partition coefficient (Wildman–Crippen LogP) is 5.01. The molecule has 0 spiro atoms. The van der Waals surface area contributed by atoms with Crippen molar-refractivity contribution in [2.24, 2.45) is 0 Å². The van der Waals surface area contributed by atoms with E-state index in [0.29, 0.717) is 16.4 Å². The summed E-state index contributed by atoms with van der Waals surface area (Å²) in [5.41, 5.74) is 7.68. The van der Waals surface area contributed by atoms with Gasteiger partial charge in [0.1, 0.15) is 11.6 Å². The van der Waals surface area contributed by atoms with Crippen molar-refractivity contribution in [3.05, 3.63) is 51.0 Å². The standard InChI is InChI=1S/C13H10BrClF2N2/c1-6-2-11(18)8(15)4-12(6)19-13-3-7(14)9(16)5-10(13)17/h2-5,19H,18H2,1H3. The number of hydrogen-bond acceptors (Lipinski definition) is 2. The first kappa shape index (κ1) is 14.1. The molecule has 0 aliphatic carbocycles. The fourth-order valence-electron chi connectivity index (χ4n) is 1.60. The van der Waals surface area contributed by atoms with E-state index in [1.165, 1.54) is 6.07 Å². The Morgan fingerprint density at radius 1 is 1.11 bits per heavy atom. The van der Waals surface area contributed by atoms with Gasteiger partial charge in [0.05, 0.1) is 20.9 Å². The zero-order valence-electron chi connectivity index (χ0n) is 9.90. The molecule has 2 aromatic carbocycles. The van der Waals surface area contributed by atoms with Gasteiger partial charge in [0.15, 0.2) is 0 Å². The van der Waals surface area contributed by atoms with E-state index in [0.717, 1.165) is 11.6 Å². The average molecular weight is 348 g/mol. The highest BCUT2D eigenvalue weighted by Gasteiger charge is 2.10. The average Bonchev–Trinajstić information content (AvgIpc) is 2.32. The Morgan fingerprint density at radius 2 is 1.79 bits per heavy atom. The highest BCUT2D eigenvalue weighted by atomic mass is 79.9. The molecule has 0 bridgehead atoms. The molecule has 0 fully saturated rings. The lowest BCUT2D eigenvalue weighted by molar-refractivity contribution is 0.581. The number of hydrogen-bond donors (Lipinski definition) is 2. The van der Waals surface area contributed by atoms with Gasteiger partial charge in [0.25, 0.3) is 0 Å². The van der Waals surface area contributed by atoms with Gasteiger partial charge in [-0.05, 0) is 46.6 Å². The molecule has 0 aliphatic heterocycles. The lowest BCUT2D eigenvalue weighted by atomic mass is 10.1. The van der Waals surface area contributed by atoms with Crippen LogP contribution in [-0.2, 0) is 0 Å². The Hall–Kier alpha value is -1.33. The van der Waals surface area contributed by atoms with Gasteiger partial charge in [-0.15, -0.1) is 0 Å². The van der Waals surface area contributed by atoms with Gasteiger partial charge in [-0.2, -0.15) is 0 Å². The molecule has 2 aromatic rings. The second-order valence-corrected chi connectivity index (χ2v) is 5.32. The van der Waals surface area contributed by atoms with E-state index in [2.05, 4.69) is 21.2 Å². The van der Waals surface area contributed by atoms with E-state index >= 15 is 0 Å². The number of nitrogens with two attached hydrogens (primary N) is 1. The second-order valence-electron chi connectivity index (χ2n) is 4.06. The highest BCUT2D eigenvalue weighted by molar-refractivity contribution is 9.10. The van der Waals surface area contributed by atoms with Gasteiger partial charge in [-0.3, -0.25) is 0 Å². The Labute approximate surface area is 122 Å². The molecule has 2 nitrogen and oxygen atoms in total. The molecular weight excluding hydrogens is 338 g/mol. The van der Waals surface area contributed by atoms with Gasteiger partial charge in [-0.25, -0.2) is 8.78 Å². The van der Waals surface area contributed by atoms with Crippen molar-refractivity contribution in [2.75, 3.05) is 11.1 Å². The second kappa shape index (κ2) is 5.35. The summed E-state index contributed by atoms with van der Waals surface area (Å²) < 4.78 is 27.0. The molecule has 0 saturated carbocycles. The first-order valence-corrected chi connectivity index (χ1v) is 6.52. The molecule has 0 heterocycles. The van der Waals surface area contributed by atoms with Crippen LogP contribution in [0.1, 0.15) is 5.56 Å². The maximum atomic E-state index is 13.6. The Kier molecular flexibility index (Phi) is 3.96. The molecule has 0 atom stereocenters. The smallest absolute Gasteiger partial charge is 0.149 e. The number of aryl methyl sites for hydroxylation is 1. The van der Waals surface area contributed by atoms with Crippen LogP contribution in [0.15, 0.2) is 28.7 Å². The topological polar surface area (TPSA) is 38.0 Å². The molecule has 100 valence electrons. The SMILES string of the molecule is Cc1cc(N)c(Cl)cc1Nc1cc(Br)c(F)cc1F. The number of nitrogen functional groups attached to an aromatic ring is 1. The van der Waals surface area contributed by atoms with E-state index in [1.54, 1.807) is 12.1 Å². The minimum Gasteiger partial charge on any atom is -0.398 e. The van der Waals surface area contributed by atoms with Gasteiger partial charge >= 0.3 is 0 Å².